The number of rotatable bonds is 4. The smallest absolute Gasteiger partial charge is 0.237 e. The fourth-order valence-corrected chi connectivity index (χ4v) is 5.49. The minimum atomic E-state index is 0.0952. The first-order chi connectivity index (χ1) is 15.0. The van der Waals surface area contributed by atoms with Crippen LogP contribution >= 0.6 is 23.4 Å². The van der Waals surface area contributed by atoms with Crippen molar-refractivity contribution in [2.75, 3.05) is 30.8 Å². The number of amides is 1. The van der Waals surface area contributed by atoms with Gasteiger partial charge in [0.2, 0.25) is 11.1 Å². The summed E-state index contributed by atoms with van der Waals surface area (Å²) in [6.45, 7) is 4.09. The number of aryl methyl sites for hydroxylation is 1. The zero-order valence-corrected chi connectivity index (χ0v) is 19.0. The first-order valence-electron chi connectivity index (χ1n) is 10.3. The molecule has 31 heavy (non-hydrogen) atoms. The average molecular weight is 455 g/mol. The molecule has 1 amide bonds. The number of likely N-dealkylation sites (tertiary alicyclic amines) is 1. The van der Waals surface area contributed by atoms with Gasteiger partial charge >= 0.3 is 0 Å². The van der Waals surface area contributed by atoms with Gasteiger partial charge in [-0.15, -0.1) is 5.10 Å². The van der Waals surface area contributed by atoms with E-state index in [0.717, 1.165) is 30.9 Å². The maximum atomic E-state index is 13.4. The van der Waals surface area contributed by atoms with E-state index in [-0.39, 0.29) is 17.7 Å². The van der Waals surface area contributed by atoms with Crippen LogP contribution in [0.15, 0.2) is 47.6 Å². The standard InChI is InChI=1S/C22H23ClN6OS/c1-14-3-8-19-17(11-14)18-12-27(2)10-9-20(18)28(19)21(30)13-31-22-24-25-26-29(22)16-6-4-15(23)5-7-16/h3-8,11,18,20H,9-10,12-13H2,1-2H3/t18-,20-/m0/s1. The highest BCUT2D eigenvalue weighted by Crippen LogP contribution is 2.45. The summed E-state index contributed by atoms with van der Waals surface area (Å²) in [6, 6.07) is 13.9. The zero-order valence-electron chi connectivity index (χ0n) is 17.4. The third-order valence-electron chi connectivity index (χ3n) is 6.06. The van der Waals surface area contributed by atoms with Gasteiger partial charge in [-0.2, -0.15) is 4.68 Å². The zero-order chi connectivity index (χ0) is 21.5. The van der Waals surface area contributed by atoms with Crippen molar-refractivity contribution < 1.29 is 4.79 Å². The van der Waals surface area contributed by atoms with Crippen molar-refractivity contribution >= 4 is 35.0 Å². The molecule has 160 valence electrons. The van der Waals surface area contributed by atoms with Gasteiger partial charge in [0, 0.05) is 29.2 Å². The van der Waals surface area contributed by atoms with E-state index in [1.807, 2.05) is 17.0 Å². The first kappa shape index (κ1) is 20.5. The molecule has 0 saturated carbocycles. The van der Waals surface area contributed by atoms with Crippen LogP contribution in [0.25, 0.3) is 5.69 Å². The lowest BCUT2D eigenvalue weighted by Gasteiger charge is -2.36. The van der Waals surface area contributed by atoms with Crippen LogP contribution in [0, 0.1) is 6.92 Å². The van der Waals surface area contributed by atoms with Gasteiger partial charge in [0.25, 0.3) is 0 Å². The van der Waals surface area contributed by atoms with Crippen LogP contribution in [0.4, 0.5) is 5.69 Å². The molecule has 9 heteroatoms. The van der Waals surface area contributed by atoms with E-state index in [1.54, 1.807) is 16.8 Å². The molecule has 2 aliphatic rings. The topological polar surface area (TPSA) is 67.2 Å². The number of piperidine rings is 1. The lowest BCUT2D eigenvalue weighted by Crippen LogP contribution is -2.47. The lowest BCUT2D eigenvalue weighted by atomic mass is 9.89. The van der Waals surface area contributed by atoms with Gasteiger partial charge in [0.1, 0.15) is 0 Å². The summed E-state index contributed by atoms with van der Waals surface area (Å²) in [5, 5.41) is 13.2. The molecule has 0 aliphatic carbocycles. The summed E-state index contributed by atoms with van der Waals surface area (Å²) in [4.78, 5) is 17.8. The molecule has 0 spiro atoms. The van der Waals surface area contributed by atoms with Crippen molar-refractivity contribution in [2.24, 2.45) is 0 Å². The highest BCUT2D eigenvalue weighted by atomic mass is 35.5. The maximum absolute atomic E-state index is 13.4. The Kier molecular flexibility index (Phi) is 5.45. The summed E-state index contributed by atoms with van der Waals surface area (Å²) in [5.74, 6) is 0.736. The van der Waals surface area contributed by atoms with Crippen molar-refractivity contribution in [1.82, 2.24) is 25.1 Å². The number of nitrogens with zero attached hydrogens (tertiary/aromatic N) is 6. The Bertz CT molecular complexity index is 1120. The minimum Gasteiger partial charge on any atom is -0.308 e. The van der Waals surface area contributed by atoms with Crippen molar-refractivity contribution in [3.8, 4) is 5.69 Å². The maximum Gasteiger partial charge on any atom is 0.237 e. The number of hydrogen-bond acceptors (Lipinski definition) is 6. The second-order valence-electron chi connectivity index (χ2n) is 8.19. The van der Waals surface area contributed by atoms with Crippen LogP contribution in [-0.4, -0.2) is 62.9 Å². The van der Waals surface area contributed by atoms with Gasteiger partial charge in [-0.3, -0.25) is 4.79 Å². The third-order valence-corrected chi connectivity index (χ3v) is 7.21. The van der Waals surface area contributed by atoms with E-state index in [9.17, 15) is 4.79 Å². The second kappa shape index (κ2) is 8.26. The van der Waals surface area contributed by atoms with Crippen LogP contribution in [0.1, 0.15) is 23.5 Å². The van der Waals surface area contributed by atoms with E-state index >= 15 is 0 Å². The summed E-state index contributed by atoms with van der Waals surface area (Å²) < 4.78 is 1.63. The Morgan fingerprint density at radius 3 is 2.84 bits per heavy atom. The highest BCUT2D eigenvalue weighted by Gasteiger charge is 2.43. The van der Waals surface area contributed by atoms with Gasteiger partial charge in [0.05, 0.1) is 11.4 Å². The molecule has 1 saturated heterocycles. The molecule has 0 N–H and O–H groups in total. The molecular formula is C22H23ClN6OS. The summed E-state index contributed by atoms with van der Waals surface area (Å²) in [6.07, 6.45) is 0.980. The van der Waals surface area contributed by atoms with Crippen molar-refractivity contribution in [3.63, 3.8) is 0 Å². The average Bonchev–Trinajstić information content (AvgIpc) is 3.35. The molecule has 1 fully saturated rings. The SMILES string of the molecule is Cc1ccc2c(c1)[C@@H]1CN(C)CC[C@@H]1N2C(=O)CSc1nnnn1-c1ccc(Cl)cc1. The van der Waals surface area contributed by atoms with Crippen molar-refractivity contribution in [1.29, 1.82) is 0 Å². The number of fused-ring (bicyclic) bond motifs is 3. The molecule has 1 aromatic heterocycles. The number of likely N-dealkylation sites (N-methyl/N-ethyl adjacent to an activating group) is 1. The van der Waals surface area contributed by atoms with E-state index in [1.165, 1.54) is 22.9 Å². The molecule has 3 heterocycles. The summed E-state index contributed by atoms with van der Waals surface area (Å²) in [5.41, 5.74) is 4.39. The van der Waals surface area contributed by atoms with Crippen LogP contribution in [0.2, 0.25) is 5.02 Å². The first-order valence-corrected chi connectivity index (χ1v) is 11.7. The Morgan fingerprint density at radius 2 is 2.03 bits per heavy atom. The number of tetrazole rings is 1. The van der Waals surface area contributed by atoms with E-state index in [4.69, 9.17) is 11.6 Å². The molecule has 0 bridgehead atoms. The van der Waals surface area contributed by atoms with Crippen LogP contribution in [0.5, 0.6) is 0 Å². The number of carbonyl (C=O) groups is 1. The number of thioether (sulfide) groups is 1. The fourth-order valence-electron chi connectivity index (χ4n) is 4.61. The van der Waals surface area contributed by atoms with Gasteiger partial charge < -0.3 is 9.80 Å². The van der Waals surface area contributed by atoms with Gasteiger partial charge in [-0.05, 0) is 73.3 Å². The highest BCUT2D eigenvalue weighted by molar-refractivity contribution is 7.99. The number of benzene rings is 2. The van der Waals surface area contributed by atoms with E-state index in [2.05, 4.69) is 52.6 Å². The van der Waals surface area contributed by atoms with Crippen LogP contribution in [0.3, 0.4) is 0 Å². The third kappa shape index (κ3) is 3.84. The number of carbonyl (C=O) groups excluding carboxylic acids is 1. The predicted octanol–water partition coefficient (Wildman–Crippen LogP) is 3.55. The van der Waals surface area contributed by atoms with Crippen molar-refractivity contribution in [2.45, 2.75) is 30.5 Å². The van der Waals surface area contributed by atoms with E-state index < -0.39 is 0 Å². The van der Waals surface area contributed by atoms with Crippen LogP contribution < -0.4 is 4.90 Å². The Labute approximate surface area is 190 Å². The number of anilines is 1. The number of hydrogen-bond donors (Lipinski definition) is 0. The molecule has 0 radical (unpaired) electrons. The monoisotopic (exact) mass is 454 g/mol. The van der Waals surface area contributed by atoms with Gasteiger partial charge in [-0.1, -0.05) is 41.1 Å². The normalized spacial score (nSPS) is 20.5. The van der Waals surface area contributed by atoms with Gasteiger partial charge in [-0.25, -0.2) is 0 Å². The number of aromatic nitrogens is 4. The minimum absolute atomic E-state index is 0.0952. The Morgan fingerprint density at radius 1 is 1.23 bits per heavy atom. The fraction of sp³-hybridized carbons (Fsp3) is 0.364. The number of halogens is 1. The van der Waals surface area contributed by atoms with E-state index in [0.29, 0.717) is 16.1 Å². The largest absolute Gasteiger partial charge is 0.308 e. The molecule has 5 rings (SSSR count). The van der Waals surface area contributed by atoms with Crippen LogP contribution in [-0.2, 0) is 4.79 Å². The molecule has 2 aliphatic heterocycles. The predicted molar refractivity (Wildman–Crippen MR) is 122 cm³/mol. The molecule has 2 aromatic carbocycles. The summed E-state index contributed by atoms with van der Waals surface area (Å²) >= 11 is 7.34. The molecule has 3 aromatic rings. The molecule has 7 nitrogen and oxygen atoms in total. The molecular weight excluding hydrogens is 432 g/mol. The quantitative estimate of drug-likeness (QED) is 0.561. The Hall–Kier alpha value is -2.42. The molecule has 2 atom stereocenters. The summed E-state index contributed by atoms with van der Waals surface area (Å²) in [7, 11) is 2.16. The van der Waals surface area contributed by atoms with Crippen molar-refractivity contribution in [3.05, 3.63) is 58.6 Å². The molecule has 0 unspecified atom stereocenters. The lowest BCUT2D eigenvalue weighted by molar-refractivity contribution is -0.116. The van der Waals surface area contributed by atoms with Gasteiger partial charge in [0.15, 0.2) is 0 Å². The second-order valence-corrected chi connectivity index (χ2v) is 9.57. The Balaban J connectivity index is 1.37.